The second-order valence-electron chi connectivity index (χ2n) is 1.13. The van der Waals surface area contributed by atoms with E-state index in [1.165, 1.54) is 0 Å². The maximum Gasteiger partial charge on any atom is 0.414 e. The van der Waals surface area contributed by atoms with Crippen LogP contribution in [0.2, 0.25) is 0 Å². The zero-order valence-electron chi connectivity index (χ0n) is 6.48. The number of aliphatic carboxylic acids is 3. The molecule has 0 rings (SSSR count). The first-order valence-corrected chi connectivity index (χ1v) is 2.03. The molecule has 0 radical (unpaired) electrons. The van der Waals surface area contributed by atoms with Crippen LogP contribution >= 0.6 is 0 Å². The lowest BCUT2D eigenvalue weighted by Gasteiger charge is -1.72. The summed E-state index contributed by atoms with van der Waals surface area (Å²) in [5.41, 5.74) is 0. The smallest absolute Gasteiger partial charge is 0.414 e. The van der Waals surface area contributed by atoms with Gasteiger partial charge in [0, 0.05) is 6.92 Å². The van der Waals surface area contributed by atoms with Crippen LogP contribution in [0.5, 0.6) is 0 Å². The summed E-state index contributed by atoms with van der Waals surface area (Å²) in [7, 11) is 0. The molecule has 0 saturated carbocycles. The molecule has 0 fully saturated rings. The van der Waals surface area contributed by atoms with Gasteiger partial charge < -0.3 is 27.6 Å². The molecule has 0 aromatic carbocycles. The van der Waals surface area contributed by atoms with Gasteiger partial charge in [0.05, 0.1) is 0 Å². The van der Waals surface area contributed by atoms with E-state index in [-0.39, 0.29) is 12.3 Å². The van der Waals surface area contributed by atoms with Gasteiger partial charge >= 0.3 is 11.9 Å². The minimum Gasteiger partial charge on any atom is -0.481 e. The molecule has 0 aliphatic rings. The van der Waals surface area contributed by atoms with Gasteiger partial charge in [-0.25, -0.2) is 9.59 Å². The predicted octanol–water partition coefficient (Wildman–Crippen LogP) is -0.430. The molecule has 0 aliphatic carbocycles. The van der Waals surface area contributed by atoms with Crippen molar-refractivity contribution in [3.8, 4) is 0 Å². The zero-order chi connectivity index (χ0) is 8.73. The maximum absolute atomic E-state index is 9.10. The Morgan fingerprint density at radius 3 is 0.917 bits per heavy atom. The van der Waals surface area contributed by atoms with E-state index < -0.39 is 17.9 Å². The van der Waals surface area contributed by atoms with Crippen LogP contribution < -0.4 is 12.3 Å². The van der Waals surface area contributed by atoms with Gasteiger partial charge in [-0.2, -0.15) is 0 Å². The van der Waals surface area contributed by atoms with Crippen molar-refractivity contribution in [2.45, 2.75) is 6.92 Å². The summed E-state index contributed by atoms with van der Waals surface area (Å²) in [6.45, 7) is 1.08. The summed E-state index contributed by atoms with van der Waals surface area (Å²) in [6.07, 6.45) is 0. The third kappa shape index (κ3) is 82.4. The lowest BCUT2D eigenvalue weighted by atomic mass is 10.7. The van der Waals surface area contributed by atoms with Crippen LogP contribution in [0.3, 0.4) is 0 Å². The Kier molecular flexibility index (Phi) is 22.5. The standard InChI is InChI=1S/C2H2O4.C2H4O2.2H3N/c3-1(4)2(5)6;1-2(3)4;;/h(H,3,4)(H,5,6);1H3,(H,3,4);2*1H3. The fourth-order valence-corrected chi connectivity index (χ4v) is 0. The Labute approximate surface area is 68.0 Å². The molecule has 0 unspecified atom stereocenters. The summed E-state index contributed by atoms with van der Waals surface area (Å²) >= 11 is 0. The first kappa shape index (κ1) is 22.4. The lowest BCUT2D eigenvalue weighted by Crippen LogP contribution is -2.09. The largest absolute Gasteiger partial charge is 0.481 e. The summed E-state index contributed by atoms with van der Waals surface area (Å²) in [5.74, 6) is -4.48. The normalized spacial score (nSPS) is 5.75. The zero-order valence-corrected chi connectivity index (χ0v) is 6.48. The number of hydrogen-bond acceptors (Lipinski definition) is 5. The number of carboxylic acids is 3. The van der Waals surface area contributed by atoms with Crippen molar-refractivity contribution in [3.05, 3.63) is 0 Å². The quantitative estimate of drug-likeness (QED) is 0.314. The average Bonchev–Trinajstić information content (AvgIpc) is 1.63. The molecular formula is C4H12N2O6. The van der Waals surface area contributed by atoms with Crippen molar-refractivity contribution >= 4 is 17.9 Å². The molecule has 0 aromatic rings. The van der Waals surface area contributed by atoms with Crippen LogP contribution in [-0.2, 0) is 14.4 Å². The Morgan fingerprint density at radius 1 is 0.833 bits per heavy atom. The van der Waals surface area contributed by atoms with Crippen LogP contribution in [-0.4, -0.2) is 33.2 Å². The molecule has 0 amide bonds. The molecule has 0 bridgehead atoms. The molecule has 0 atom stereocenters. The highest BCUT2D eigenvalue weighted by atomic mass is 16.4. The van der Waals surface area contributed by atoms with Gasteiger partial charge in [-0.1, -0.05) is 0 Å². The highest BCUT2D eigenvalue weighted by Crippen LogP contribution is 1.56. The Hall–Kier alpha value is -1.67. The fraction of sp³-hybridized carbons (Fsp3) is 0.250. The highest BCUT2D eigenvalue weighted by molar-refractivity contribution is 6.27. The highest BCUT2D eigenvalue weighted by Gasteiger charge is 2.04. The first-order valence-electron chi connectivity index (χ1n) is 2.03. The molecule has 0 aromatic heterocycles. The third-order valence-electron chi connectivity index (χ3n) is 0.183. The van der Waals surface area contributed by atoms with E-state index in [0.29, 0.717) is 0 Å². The van der Waals surface area contributed by atoms with Crippen molar-refractivity contribution in [1.29, 1.82) is 0 Å². The minimum atomic E-state index is -1.82. The number of hydrogen-bond donors (Lipinski definition) is 5. The van der Waals surface area contributed by atoms with E-state index in [1.54, 1.807) is 0 Å². The SMILES string of the molecule is CC(=O)O.N.N.O=C(O)C(=O)O. The van der Waals surface area contributed by atoms with Crippen LogP contribution in [0, 0.1) is 0 Å². The second-order valence-corrected chi connectivity index (χ2v) is 1.13. The summed E-state index contributed by atoms with van der Waals surface area (Å²) < 4.78 is 0. The number of rotatable bonds is 0. The molecule has 0 heterocycles. The van der Waals surface area contributed by atoms with Gasteiger partial charge in [0.1, 0.15) is 0 Å². The van der Waals surface area contributed by atoms with Gasteiger partial charge in [-0.05, 0) is 0 Å². The molecule has 12 heavy (non-hydrogen) atoms. The van der Waals surface area contributed by atoms with Crippen LogP contribution in [0.1, 0.15) is 6.92 Å². The molecular weight excluding hydrogens is 172 g/mol. The summed E-state index contributed by atoms with van der Waals surface area (Å²) in [5, 5.41) is 22.2. The van der Waals surface area contributed by atoms with E-state index >= 15 is 0 Å². The van der Waals surface area contributed by atoms with E-state index in [0.717, 1.165) is 6.92 Å². The first-order chi connectivity index (χ1) is 4.37. The number of carbonyl (C=O) groups is 3. The third-order valence-corrected chi connectivity index (χ3v) is 0.183. The van der Waals surface area contributed by atoms with Crippen molar-refractivity contribution in [2.24, 2.45) is 0 Å². The molecule has 0 saturated heterocycles. The summed E-state index contributed by atoms with van der Waals surface area (Å²) in [6, 6.07) is 0. The Bertz CT molecular complexity index is 140. The van der Waals surface area contributed by atoms with Gasteiger partial charge in [-0.3, -0.25) is 4.79 Å². The van der Waals surface area contributed by atoms with Crippen LogP contribution in [0.15, 0.2) is 0 Å². The Balaban J connectivity index is -0.0000000483. The van der Waals surface area contributed by atoms with Gasteiger partial charge in [-0.15, -0.1) is 0 Å². The summed E-state index contributed by atoms with van der Waals surface area (Å²) in [4.78, 5) is 27.2. The fourth-order valence-electron chi connectivity index (χ4n) is 0. The lowest BCUT2D eigenvalue weighted by molar-refractivity contribution is -0.159. The predicted molar refractivity (Wildman–Crippen MR) is 38.6 cm³/mol. The molecule has 0 spiro atoms. The van der Waals surface area contributed by atoms with E-state index in [9.17, 15) is 0 Å². The Morgan fingerprint density at radius 2 is 0.917 bits per heavy atom. The monoisotopic (exact) mass is 184 g/mol. The molecule has 9 N–H and O–H groups in total. The van der Waals surface area contributed by atoms with E-state index in [2.05, 4.69) is 0 Å². The van der Waals surface area contributed by atoms with Gasteiger partial charge in [0.25, 0.3) is 5.97 Å². The van der Waals surface area contributed by atoms with Crippen LogP contribution in [0.25, 0.3) is 0 Å². The van der Waals surface area contributed by atoms with Crippen molar-refractivity contribution in [2.75, 3.05) is 0 Å². The minimum absolute atomic E-state index is 0. The topological polar surface area (TPSA) is 182 Å². The van der Waals surface area contributed by atoms with Crippen LogP contribution in [0.4, 0.5) is 0 Å². The maximum atomic E-state index is 9.10. The average molecular weight is 184 g/mol. The molecule has 8 nitrogen and oxygen atoms in total. The van der Waals surface area contributed by atoms with Crippen molar-refractivity contribution in [1.82, 2.24) is 12.3 Å². The molecule has 0 aliphatic heterocycles. The molecule has 8 heteroatoms. The van der Waals surface area contributed by atoms with Gasteiger partial charge in [0.2, 0.25) is 0 Å². The molecule has 74 valence electrons. The van der Waals surface area contributed by atoms with Crippen molar-refractivity contribution < 1.29 is 29.7 Å². The van der Waals surface area contributed by atoms with Gasteiger partial charge in [0.15, 0.2) is 0 Å². The van der Waals surface area contributed by atoms with E-state index in [1.807, 2.05) is 0 Å². The number of carboxylic acid groups (broad SMARTS) is 3. The van der Waals surface area contributed by atoms with Crippen molar-refractivity contribution in [3.63, 3.8) is 0 Å². The second kappa shape index (κ2) is 12.0. The van der Waals surface area contributed by atoms with E-state index in [4.69, 9.17) is 29.7 Å².